The molecule has 7 nitrogen and oxygen atoms in total. The Morgan fingerprint density at radius 2 is 2.00 bits per heavy atom. The Bertz CT molecular complexity index is 734. The minimum atomic E-state index is -3.55. The summed E-state index contributed by atoms with van der Waals surface area (Å²) in [5.41, 5.74) is 0.607. The van der Waals surface area contributed by atoms with E-state index in [2.05, 4.69) is 9.71 Å². The van der Waals surface area contributed by atoms with Gasteiger partial charge in [-0.05, 0) is 24.6 Å². The zero-order valence-corrected chi connectivity index (χ0v) is 12.1. The molecule has 1 heterocycles. The van der Waals surface area contributed by atoms with E-state index in [0.717, 1.165) is 0 Å². The van der Waals surface area contributed by atoms with Crippen LogP contribution in [0.5, 0.6) is 0 Å². The predicted molar refractivity (Wildman–Crippen MR) is 74.1 cm³/mol. The average Bonchev–Trinajstić information content (AvgIpc) is 2.83. The number of rotatable bonds is 6. The van der Waals surface area contributed by atoms with Crippen molar-refractivity contribution in [2.24, 2.45) is 0 Å². The van der Waals surface area contributed by atoms with Crippen molar-refractivity contribution in [2.75, 3.05) is 0 Å². The molecule has 0 fully saturated rings. The summed E-state index contributed by atoms with van der Waals surface area (Å²) in [7, 11) is -3.55. The second kappa shape index (κ2) is 6.06. The highest BCUT2D eigenvalue weighted by atomic mass is 32.2. The summed E-state index contributed by atoms with van der Waals surface area (Å²) < 4.78 is 31.3. The van der Waals surface area contributed by atoms with E-state index in [9.17, 15) is 13.2 Å². The van der Waals surface area contributed by atoms with Crippen LogP contribution >= 0.6 is 0 Å². The Morgan fingerprint density at radius 1 is 1.33 bits per heavy atom. The molecular formula is C13H14N2O5S. The van der Waals surface area contributed by atoms with Crippen LogP contribution in [0.1, 0.15) is 27.6 Å². The van der Waals surface area contributed by atoms with Gasteiger partial charge in [0.05, 0.1) is 24.1 Å². The molecule has 1 aromatic carbocycles. The lowest BCUT2D eigenvalue weighted by molar-refractivity contribution is 0.0697. The van der Waals surface area contributed by atoms with E-state index in [0.29, 0.717) is 11.3 Å². The molecule has 0 atom stereocenters. The van der Waals surface area contributed by atoms with Gasteiger partial charge in [-0.1, -0.05) is 12.1 Å². The van der Waals surface area contributed by atoms with E-state index in [-0.39, 0.29) is 23.8 Å². The van der Waals surface area contributed by atoms with Crippen LogP contribution in [0, 0.1) is 6.92 Å². The van der Waals surface area contributed by atoms with Gasteiger partial charge in [-0.15, -0.1) is 0 Å². The third-order valence-electron chi connectivity index (χ3n) is 2.67. The number of carbonyl (C=O) groups is 1. The summed E-state index contributed by atoms with van der Waals surface area (Å²) in [6.07, 6.45) is 1.51. The molecule has 0 spiro atoms. The molecule has 1 aromatic heterocycles. The van der Waals surface area contributed by atoms with Gasteiger partial charge in [0, 0.05) is 0 Å². The smallest absolute Gasteiger partial charge is 0.335 e. The number of hydrogen-bond acceptors (Lipinski definition) is 5. The minimum Gasteiger partial charge on any atom is -0.478 e. The van der Waals surface area contributed by atoms with Gasteiger partial charge < -0.3 is 9.52 Å². The molecule has 0 aliphatic rings. The molecule has 0 saturated carbocycles. The summed E-state index contributed by atoms with van der Waals surface area (Å²) >= 11 is 0. The highest BCUT2D eigenvalue weighted by Crippen LogP contribution is 2.09. The summed E-state index contributed by atoms with van der Waals surface area (Å²) in [5.74, 6) is -0.403. The van der Waals surface area contributed by atoms with Crippen LogP contribution in [-0.2, 0) is 22.3 Å². The number of aryl methyl sites for hydroxylation is 1. The number of nitrogens with one attached hydrogen (secondary N) is 1. The minimum absolute atomic E-state index is 0.0244. The van der Waals surface area contributed by atoms with Crippen LogP contribution in [0.4, 0.5) is 0 Å². The number of nitrogens with zero attached hydrogens (tertiary/aromatic N) is 1. The maximum absolute atomic E-state index is 11.9. The summed E-state index contributed by atoms with van der Waals surface area (Å²) in [4.78, 5) is 14.6. The fraction of sp³-hybridized carbons (Fsp3) is 0.231. The Labute approximate surface area is 121 Å². The van der Waals surface area contributed by atoms with E-state index in [4.69, 9.17) is 9.52 Å². The van der Waals surface area contributed by atoms with E-state index in [1.807, 2.05) is 0 Å². The Morgan fingerprint density at radius 3 is 2.52 bits per heavy atom. The third-order valence-corrected chi connectivity index (χ3v) is 3.97. The molecule has 0 aliphatic carbocycles. The van der Waals surface area contributed by atoms with E-state index < -0.39 is 16.0 Å². The molecule has 0 saturated heterocycles. The number of carboxylic acid groups (broad SMARTS) is 1. The SMILES string of the molecule is Cc1cnc(CNS(=O)(=O)Cc2ccc(C(=O)O)cc2)o1. The second-order valence-electron chi connectivity index (χ2n) is 4.45. The van der Waals surface area contributed by atoms with Crippen molar-refractivity contribution in [1.29, 1.82) is 0 Å². The first kappa shape index (κ1) is 15.2. The van der Waals surface area contributed by atoms with Crippen molar-refractivity contribution in [1.82, 2.24) is 9.71 Å². The first-order chi connectivity index (χ1) is 9.85. The number of benzene rings is 1. The van der Waals surface area contributed by atoms with Gasteiger partial charge in [0.15, 0.2) is 0 Å². The van der Waals surface area contributed by atoms with Gasteiger partial charge in [-0.3, -0.25) is 0 Å². The molecule has 0 amide bonds. The molecule has 21 heavy (non-hydrogen) atoms. The van der Waals surface area contributed by atoms with Crippen molar-refractivity contribution >= 4 is 16.0 Å². The van der Waals surface area contributed by atoms with Crippen LogP contribution in [0.15, 0.2) is 34.9 Å². The molecule has 2 rings (SSSR count). The van der Waals surface area contributed by atoms with E-state index in [1.54, 1.807) is 6.92 Å². The van der Waals surface area contributed by atoms with Gasteiger partial charge in [-0.25, -0.2) is 22.9 Å². The molecule has 112 valence electrons. The largest absolute Gasteiger partial charge is 0.478 e. The molecule has 2 aromatic rings. The number of sulfonamides is 1. The normalized spacial score (nSPS) is 11.5. The Balaban J connectivity index is 1.98. The van der Waals surface area contributed by atoms with Gasteiger partial charge in [0.1, 0.15) is 5.76 Å². The molecular weight excluding hydrogens is 296 g/mol. The topological polar surface area (TPSA) is 110 Å². The van der Waals surface area contributed by atoms with E-state index >= 15 is 0 Å². The lowest BCUT2D eigenvalue weighted by atomic mass is 10.1. The maximum atomic E-state index is 11.9. The first-order valence-corrected chi connectivity index (χ1v) is 7.72. The van der Waals surface area contributed by atoms with Crippen LogP contribution in [0.3, 0.4) is 0 Å². The van der Waals surface area contributed by atoms with Crippen LogP contribution in [-0.4, -0.2) is 24.5 Å². The highest BCUT2D eigenvalue weighted by molar-refractivity contribution is 7.88. The van der Waals surface area contributed by atoms with Crippen molar-refractivity contribution < 1.29 is 22.7 Å². The van der Waals surface area contributed by atoms with Gasteiger partial charge in [-0.2, -0.15) is 0 Å². The maximum Gasteiger partial charge on any atom is 0.335 e. The van der Waals surface area contributed by atoms with Gasteiger partial charge in [0.25, 0.3) is 0 Å². The molecule has 8 heteroatoms. The monoisotopic (exact) mass is 310 g/mol. The van der Waals surface area contributed by atoms with Crippen molar-refractivity contribution in [3.63, 3.8) is 0 Å². The van der Waals surface area contributed by atoms with Crippen molar-refractivity contribution in [3.05, 3.63) is 53.2 Å². The van der Waals surface area contributed by atoms with E-state index in [1.165, 1.54) is 30.5 Å². The Kier molecular flexibility index (Phi) is 4.39. The standard InChI is InChI=1S/C13H14N2O5S/c1-9-6-14-12(20-9)7-15-21(18,19)8-10-2-4-11(5-3-10)13(16)17/h2-6,15H,7-8H2,1H3,(H,16,17). The van der Waals surface area contributed by atoms with Crippen LogP contribution in [0.2, 0.25) is 0 Å². The third kappa shape index (κ3) is 4.40. The highest BCUT2D eigenvalue weighted by Gasteiger charge is 2.13. The average molecular weight is 310 g/mol. The molecule has 2 N–H and O–H groups in total. The summed E-state index contributed by atoms with van der Waals surface area (Å²) in [6, 6.07) is 5.67. The quantitative estimate of drug-likeness (QED) is 0.832. The molecule has 0 radical (unpaired) electrons. The number of aromatic carboxylic acids is 1. The zero-order valence-electron chi connectivity index (χ0n) is 11.2. The number of aromatic nitrogens is 1. The van der Waals surface area contributed by atoms with Crippen LogP contribution in [0.25, 0.3) is 0 Å². The summed E-state index contributed by atoms with van der Waals surface area (Å²) in [6.45, 7) is 1.69. The fourth-order valence-electron chi connectivity index (χ4n) is 1.67. The lowest BCUT2D eigenvalue weighted by Gasteiger charge is -2.05. The first-order valence-electron chi connectivity index (χ1n) is 6.06. The molecule has 0 unspecified atom stereocenters. The van der Waals surface area contributed by atoms with Gasteiger partial charge in [0.2, 0.25) is 15.9 Å². The zero-order chi connectivity index (χ0) is 15.5. The number of carboxylic acids is 1. The Hall–Kier alpha value is -2.19. The summed E-state index contributed by atoms with van der Waals surface area (Å²) in [5, 5.41) is 8.77. The lowest BCUT2D eigenvalue weighted by Crippen LogP contribution is -2.24. The van der Waals surface area contributed by atoms with Gasteiger partial charge >= 0.3 is 5.97 Å². The van der Waals surface area contributed by atoms with Crippen LogP contribution < -0.4 is 4.72 Å². The predicted octanol–water partition coefficient (Wildman–Crippen LogP) is 1.30. The second-order valence-corrected chi connectivity index (χ2v) is 6.25. The molecule has 0 bridgehead atoms. The number of oxazole rings is 1. The van der Waals surface area contributed by atoms with Crippen molar-refractivity contribution in [3.8, 4) is 0 Å². The fourth-order valence-corrected chi connectivity index (χ4v) is 2.75. The molecule has 0 aliphatic heterocycles. The van der Waals surface area contributed by atoms with Crippen molar-refractivity contribution in [2.45, 2.75) is 19.2 Å². The number of hydrogen-bond donors (Lipinski definition) is 2.